The normalized spacial score (nSPS) is 20.2. The number of rotatable bonds is 5. The zero-order valence-electron chi connectivity index (χ0n) is 14.7. The summed E-state index contributed by atoms with van der Waals surface area (Å²) in [5, 5.41) is 3.28. The number of ether oxygens (including phenoxy) is 1. The summed E-state index contributed by atoms with van der Waals surface area (Å²) in [6.07, 6.45) is 2.21. The monoisotopic (exact) mass is 430 g/mol. The van der Waals surface area contributed by atoms with E-state index in [-0.39, 0.29) is 33.4 Å². The lowest BCUT2D eigenvalue weighted by molar-refractivity contribution is -0.0141. The Hall–Kier alpha value is -1.87. The van der Waals surface area contributed by atoms with E-state index in [0.717, 1.165) is 11.0 Å². The second kappa shape index (κ2) is 7.87. The van der Waals surface area contributed by atoms with Crippen molar-refractivity contribution in [1.82, 2.24) is 9.55 Å². The first-order chi connectivity index (χ1) is 13.5. The fourth-order valence-electron chi connectivity index (χ4n) is 3.53. The summed E-state index contributed by atoms with van der Waals surface area (Å²) in [5.74, 6) is 0.639. The largest absolute Gasteiger partial charge is 0.467 e. The van der Waals surface area contributed by atoms with Crippen LogP contribution >= 0.6 is 23.2 Å². The Labute approximate surface area is 169 Å². The van der Waals surface area contributed by atoms with Gasteiger partial charge in [-0.1, -0.05) is 23.2 Å². The minimum absolute atomic E-state index is 0.0706. The molecule has 0 radical (unpaired) electrons. The lowest BCUT2D eigenvalue weighted by atomic mass is 10.0. The second-order valence-corrected chi connectivity index (χ2v) is 7.33. The van der Waals surface area contributed by atoms with Crippen LogP contribution in [0.25, 0.3) is 11.0 Å². The van der Waals surface area contributed by atoms with Crippen LogP contribution in [0.3, 0.4) is 0 Å². The van der Waals surface area contributed by atoms with Crippen molar-refractivity contribution in [3.8, 4) is 0 Å². The highest BCUT2D eigenvalue weighted by Crippen LogP contribution is 2.43. The minimum atomic E-state index is -2.87. The standard InChI is InChI=1S/C18H18Cl2F2N4O2/c19-12-7-11(24-8-9-3-1-5-27-9)15-14(25-12)13(20)16(26(15)18(21)22)17-10(23)4-2-6-28-17/h1,3,5,7,10,17-18H,2,4,6,8,23H2,(H,24,25)/t10-,17-/m0/s1. The van der Waals surface area contributed by atoms with Gasteiger partial charge in [0.25, 0.3) is 0 Å². The number of hydrogen-bond donors (Lipinski definition) is 2. The van der Waals surface area contributed by atoms with Crippen LogP contribution < -0.4 is 11.1 Å². The van der Waals surface area contributed by atoms with Crippen molar-refractivity contribution in [2.75, 3.05) is 11.9 Å². The van der Waals surface area contributed by atoms with Gasteiger partial charge in [0.2, 0.25) is 0 Å². The predicted octanol–water partition coefficient (Wildman–Crippen LogP) is 5.12. The van der Waals surface area contributed by atoms with E-state index in [2.05, 4.69) is 10.3 Å². The summed E-state index contributed by atoms with van der Waals surface area (Å²) >= 11 is 12.6. The maximum atomic E-state index is 14.1. The summed E-state index contributed by atoms with van der Waals surface area (Å²) in [6.45, 7) is -2.16. The van der Waals surface area contributed by atoms with E-state index in [4.69, 9.17) is 38.1 Å². The maximum Gasteiger partial charge on any atom is 0.319 e. The maximum absolute atomic E-state index is 14.1. The van der Waals surface area contributed by atoms with Crippen molar-refractivity contribution >= 4 is 39.9 Å². The van der Waals surface area contributed by atoms with Crippen LogP contribution in [0.1, 0.15) is 36.9 Å². The van der Waals surface area contributed by atoms with Gasteiger partial charge in [-0.05, 0) is 25.0 Å². The molecule has 1 fully saturated rings. The molecule has 28 heavy (non-hydrogen) atoms. The first-order valence-electron chi connectivity index (χ1n) is 8.78. The number of alkyl halides is 2. The van der Waals surface area contributed by atoms with Gasteiger partial charge >= 0.3 is 6.55 Å². The number of hydrogen-bond acceptors (Lipinski definition) is 5. The average Bonchev–Trinajstić information content (AvgIpc) is 3.27. The van der Waals surface area contributed by atoms with Crippen LogP contribution in [0.15, 0.2) is 28.9 Å². The quantitative estimate of drug-likeness (QED) is 0.549. The Bertz CT molecular complexity index is 978. The molecule has 1 aliphatic heterocycles. The molecule has 0 saturated carbocycles. The van der Waals surface area contributed by atoms with Gasteiger partial charge in [0.05, 0.1) is 34.7 Å². The Morgan fingerprint density at radius 3 is 2.89 bits per heavy atom. The SMILES string of the molecule is N[C@H]1CCCO[C@@H]1c1c(Cl)c2nc(Cl)cc(NCc3ccco3)c2n1C(F)F. The van der Waals surface area contributed by atoms with Gasteiger partial charge in [-0.25, -0.2) is 4.98 Å². The van der Waals surface area contributed by atoms with Crippen molar-refractivity contribution in [3.05, 3.63) is 46.1 Å². The molecule has 3 aromatic heterocycles. The number of anilines is 1. The molecule has 10 heteroatoms. The van der Waals surface area contributed by atoms with Crippen molar-refractivity contribution in [3.63, 3.8) is 0 Å². The topological polar surface area (TPSA) is 78.2 Å². The molecular formula is C18H18Cl2F2N4O2. The van der Waals surface area contributed by atoms with Crippen molar-refractivity contribution < 1.29 is 17.9 Å². The number of fused-ring (bicyclic) bond motifs is 1. The van der Waals surface area contributed by atoms with Crippen molar-refractivity contribution in [2.45, 2.75) is 38.1 Å². The van der Waals surface area contributed by atoms with Crippen LogP contribution in [0.4, 0.5) is 14.5 Å². The molecule has 4 heterocycles. The molecule has 1 aliphatic rings. The predicted molar refractivity (Wildman–Crippen MR) is 103 cm³/mol. The van der Waals surface area contributed by atoms with Crippen LogP contribution in [0, 0.1) is 0 Å². The first-order valence-corrected chi connectivity index (χ1v) is 9.54. The fourth-order valence-corrected chi connectivity index (χ4v) is 4.06. The number of furan rings is 1. The summed E-state index contributed by atoms with van der Waals surface area (Å²) in [4.78, 5) is 4.18. The molecule has 3 N–H and O–H groups in total. The Kier molecular flexibility index (Phi) is 5.46. The van der Waals surface area contributed by atoms with Gasteiger partial charge in [0.1, 0.15) is 22.5 Å². The second-order valence-electron chi connectivity index (χ2n) is 6.57. The molecule has 0 amide bonds. The van der Waals surface area contributed by atoms with E-state index in [1.165, 1.54) is 12.3 Å². The van der Waals surface area contributed by atoms with Gasteiger partial charge in [0.15, 0.2) is 0 Å². The molecule has 0 bridgehead atoms. The average molecular weight is 431 g/mol. The number of aromatic nitrogens is 2. The van der Waals surface area contributed by atoms with E-state index < -0.39 is 18.7 Å². The summed E-state index contributed by atoms with van der Waals surface area (Å²) < 4.78 is 40.1. The molecule has 1 saturated heterocycles. The zero-order chi connectivity index (χ0) is 19.8. The van der Waals surface area contributed by atoms with Crippen molar-refractivity contribution in [1.29, 1.82) is 0 Å². The number of nitrogens with two attached hydrogens (primary N) is 1. The number of pyridine rings is 1. The third-order valence-corrected chi connectivity index (χ3v) is 5.33. The highest BCUT2D eigenvalue weighted by molar-refractivity contribution is 6.37. The summed E-state index contributed by atoms with van der Waals surface area (Å²) in [5.41, 5.74) is 6.95. The molecular weight excluding hydrogens is 413 g/mol. The lowest BCUT2D eigenvalue weighted by Gasteiger charge is -2.30. The molecule has 4 rings (SSSR count). The van der Waals surface area contributed by atoms with Crippen molar-refractivity contribution in [2.24, 2.45) is 5.73 Å². The summed E-state index contributed by atoms with van der Waals surface area (Å²) in [7, 11) is 0. The third-order valence-electron chi connectivity index (χ3n) is 4.76. The van der Waals surface area contributed by atoms with Gasteiger partial charge in [-0.15, -0.1) is 0 Å². The van der Waals surface area contributed by atoms with E-state index in [1.807, 2.05) is 0 Å². The van der Waals surface area contributed by atoms with Crippen LogP contribution in [-0.2, 0) is 11.3 Å². The molecule has 0 aromatic carbocycles. The van der Waals surface area contributed by atoms with E-state index in [9.17, 15) is 8.78 Å². The Morgan fingerprint density at radius 1 is 1.39 bits per heavy atom. The van der Waals surface area contributed by atoms with Crippen LogP contribution in [0.2, 0.25) is 10.2 Å². The van der Waals surface area contributed by atoms with Gasteiger partial charge in [-0.2, -0.15) is 8.78 Å². The molecule has 0 aliphatic carbocycles. The molecule has 3 aromatic rings. The van der Waals surface area contributed by atoms with E-state index in [0.29, 0.717) is 24.5 Å². The zero-order valence-corrected chi connectivity index (χ0v) is 16.2. The molecule has 150 valence electrons. The van der Waals surface area contributed by atoms with Crippen LogP contribution in [-0.4, -0.2) is 22.2 Å². The number of halogens is 4. The van der Waals surface area contributed by atoms with Crippen LogP contribution in [0.5, 0.6) is 0 Å². The minimum Gasteiger partial charge on any atom is -0.467 e. The van der Waals surface area contributed by atoms with E-state index in [1.54, 1.807) is 12.1 Å². The van der Waals surface area contributed by atoms with E-state index >= 15 is 0 Å². The fraction of sp³-hybridized carbons (Fsp3) is 0.389. The van der Waals surface area contributed by atoms with Gasteiger partial charge in [-0.3, -0.25) is 4.57 Å². The highest BCUT2D eigenvalue weighted by atomic mass is 35.5. The molecule has 0 unspecified atom stereocenters. The first kappa shape index (κ1) is 19.4. The Morgan fingerprint density at radius 2 is 2.21 bits per heavy atom. The Balaban J connectivity index is 1.87. The van der Waals surface area contributed by atoms with Gasteiger partial charge in [0, 0.05) is 18.7 Å². The van der Waals surface area contributed by atoms with Gasteiger partial charge < -0.3 is 20.2 Å². The molecule has 2 atom stereocenters. The lowest BCUT2D eigenvalue weighted by Crippen LogP contribution is -2.35. The molecule has 0 spiro atoms. The molecule has 6 nitrogen and oxygen atoms in total. The number of nitrogens with zero attached hydrogens (tertiary/aromatic N) is 2. The number of nitrogens with one attached hydrogen (secondary N) is 1. The summed E-state index contributed by atoms with van der Waals surface area (Å²) in [6, 6.07) is 4.55. The smallest absolute Gasteiger partial charge is 0.319 e. The highest BCUT2D eigenvalue weighted by Gasteiger charge is 2.35. The third kappa shape index (κ3) is 3.45.